The number of para-hydroxylation sites is 1. The van der Waals surface area contributed by atoms with E-state index in [0.29, 0.717) is 0 Å². The molecule has 0 atom stereocenters. The van der Waals surface area contributed by atoms with Gasteiger partial charge in [-0.1, -0.05) is 24.3 Å². The fourth-order valence-corrected chi connectivity index (χ4v) is 1.82. The Bertz CT molecular complexity index is 271. The third-order valence-electron chi connectivity index (χ3n) is 1.69. The third kappa shape index (κ3) is 3.15. The summed E-state index contributed by atoms with van der Waals surface area (Å²) in [5.74, 6) is 2.94. The van der Waals surface area contributed by atoms with Crippen molar-refractivity contribution in [3.05, 3.63) is 42.5 Å². The van der Waals surface area contributed by atoms with Gasteiger partial charge in [-0.15, -0.1) is 6.58 Å². The second kappa shape index (κ2) is 5.70. The lowest BCUT2D eigenvalue weighted by Gasteiger charge is -2.06. The van der Waals surface area contributed by atoms with E-state index in [2.05, 4.69) is 12.6 Å². The van der Waals surface area contributed by atoms with Gasteiger partial charge in [-0.25, -0.2) is 0 Å². The molecule has 1 aromatic carbocycles. The fourth-order valence-electron chi connectivity index (χ4n) is 1.07. The zero-order valence-corrected chi connectivity index (χ0v) is 8.64. The lowest BCUT2D eigenvalue weighted by Crippen LogP contribution is -1.89. The van der Waals surface area contributed by atoms with Crippen LogP contribution in [0.3, 0.4) is 0 Å². The molecular weight excluding hydrogens is 180 g/mol. The largest absolute Gasteiger partial charge is 0.496 e. The van der Waals surface area contributed by atoms with E-state index in [9.17, 15) is 0 Å². The maximum absolute atomic E-state index is 5.24. The maximum atomic E-state index is 5.24. The summed E-state index contributed by atoms with van der Waals surface area (Å²) in [4.78, 5) is 0. The summed E-state index contributed by atoms with van der Waals surface area (Å²) in [6, 6.07) is 8.10. The van der Waals surface area contributed by atoms with Crippen molar-refractivity contribution in [3.63, 3.8) is 0 Å². The molecule has 2 heteroatoms. The van der Waals surface area contributed by atoms with Crippen molar-refractivity contribution < 1.29 is 4.74 Å². The molecule has 0 aliphatic heterocycles. The molecule has 1 aromatic rings. The Kier molecular flexibility index (Phi) is 4.47. The molecule has 0 radical (unpaired) electrons. The molecule has 0 N–H and O–H groups in total. The molecule has 0 saturated heterocycles. The summed E-state index contributed by atoms with van der Waals surface area (Å²) < 4.78 is 5.24. The number of hydrogen-bond donors (Lipinski definition) is 0. The Hall–Kier alpha value is -0.890. The van der Waals surface area contributed by atoms with Crippen molar-refractivity contribution in [3.8, 4) is 5.75 Å². The van der Waals surface area contributed by atoms with Gasteiger partial charge in [-0.05, 0) is 6.07 Å². The molecule has 1 nitrogen and oxygen atoms in total. The van der Waals surface area contributed by atoms with E-state index < -0.39 is 0 Å². The van der Waals surface area contributed by atoms with Crippen molar-refractivity contribution >= 4 is 11.8 Å². The third-order valence-corrected chi connectivity index (χ3v) is 2.67. The summed E-state index contributed by atoms with van der Waals surface area (Å²) in [5.41, 5.74) is 1.25. The Balaban J connectivity index is 2.58. The number of thioether (sulfide) groups is 1. The topological polar surface area (TPSA) is 9.23 Å². The Morgan fingerprint density at radius 1 is 1.46 bits per heavy atom. The first-order valence-electron chi connectivity index (χ1n) is 4.19. The van der Waals surface area contributed by atoms with Crippen LogP contribution in [-0.2, 0) is 5.75 Å². The molecule has 0 unspecified atom stereocenters. The van der Waals surface area contributed by atoms with E-state index >= 15 is 0 Å². The second-order valence-electron chi connectivity index (χ2n) is 2.62. The van der Waals surface area contributed by atoms with Crippen LogP contribution in [0.25, 0.3) is 0 Å². The van der Waals surface area contributed by atoms with Gasteiger partial charge in [-0.2, -0.15) is 11.8 Å². The first-order valence-corrected chi connectivity index (χ1v) is 5.34. The standard InChI is InChI=1S/C11H14OS/c1-3-8-13-9-10-6-4-5-7-11(10)12-2/h3-7H,1,8-9H2,2H3. The van der Waals surface area contributed by atoms with Crippen LogP contribution in [0.5, 0.6) is 5.75 Å². The Morgan fingerprint density at radius 3 is 2.92 bits per heavy atom. The van der Waals surface area contributed by atoms with E-state index in [-0.39, 0.29) is 0 Å². The van der Waals surface area contributed by atoms with Gasteiger partial charge < -0.3 is 4.74 Å². The minimum absolute atomic E-state index is 0.971. The van der Waals surface area contributed by atoms with Gasteiger partial charge in [0.15, 0.2) is 0 Å². The molecule has 0 aliphatic rings. The summed E-state index contributed by atoms with van der Waals surface area (Å²) in [6.07, 6.45) is 1.92. The predicted molar refractivity (Wildman–Crippen MR) is 59.4 cm³/mol. The highest BCUT2D eigenvalue weighted by molar-refractivity contribution is 7.98. The molecule has 0 saturated carbocycles. The average molecular weight is 194 g/mol. The van der Waals surface area contributed by atoms with Crippen LogP contribution in [0.2, 0.25) is 0 Å². The average Bonchev–Trinajstić information content (AvgIpc) is 2.19. The lowest BCUT2D eigenvalue weighted by molar-refractivity contribution is 0.411. The number of hydrogen-bond acceptors (Lipinski definition) is 2. The van der Waals surface area contributed by atoms with E-state index in [1.807, 2.05) is 36.0 Å². The zero-order chi connectivity index (χ0) is 9.52. The molecule has 0 fully saturated rings. The van der Waals surface area contributed by atoms with Crippen molar-refractivity contribution in [1.82, 2.24) is 0 Å². The molecular formula is C11H14OS. The number of ether oxygens (including phenoxy) is 1. The van der Waals surface area contributed by atoms with E-state index in [1.54, 1.807) is 7.11 Å². The number of methoxy groups -OCH3 is 1. The highest BCUT2D eigenvalue weighted by atomic mass is 32.2. The van der Waals surface area contributed by atoms with Gasteiger partial charge >= 0.3 is 0 Å². The van der Waals surface area contributed by atoms with Crippen LogP contribution in [0.15, 0.2) is 36.9 Å². The van der Waals surface area contributed by atoms with Crippen molar-refractivity contribution in [2.45, 2.75) is 5.75 Å². The van der Waals surface area contributed by atoms with Gasteiger partial charge in [0.25, 0.3) is 0 Å². The molecule has 13 heavy (non-hydrogen) atoms. The van der Waals surface area contributed by atoms with Crippen molar-refractivity contribution in [2.24, 2.45) is 0 Å². The van der Waals surface area contributed by atoms with Crippen LogP contribution in [0.4, 0.5) is 0 Å². The Labute approximate surface area is 83.8 Å². The van der Waals surface area contributed by atoms with Gasteiger partial charge in [0.05, 0.1) is 7.11 Å². The fraction of sp³-hybridized carbons (Fsp3) is 0.273. The molecule has 0 spiro atoms. The van der Waals surface area contributed by atoms with Crippen LogP contribution in [0, 0.1) is 0 Å². The van der Waals surface area contributed by atoms with Gasteiger partial charge in [0, 0.05) is 17.1 Å². The molecule has 0 aromatic heterocycles. The summed E-state index contributed by atoms with van der Waals surface area (Å²) >= 11 is 1.84. The highest BCUT2D eigenvalue weighted by Gasteiger charge is 1.99. The molecule has 1 rings (SSSR count). The van der Waals surface area contributed by atoms with Gasteiger partial charge in [0.2, 0.25) is 0 Å². The van der Waals surface area contributed by atoms with Crippen molar-refractivity contribution in [1.29, 1.82) is 0 Å². The van der Waals surface area contributed by atoms with E-state index in [4.69, 9.17) is 4.74 Å². The first kappa shape index (κ1) is 10.2. The zero-order valence-electron chi connectivity index (χ0n) is 7.82. The quantitative estimate of drug-likeness (QED) is 0.526. The van der Waals surface area contributed by atoms with Crippen LogP contribution >= 0.6 is 11.8 Å². The molecule has 0 aliphatic carbocycles. The SMILES string of the molecule is C=CCSCc1ccccc1OC. The smallest absolute Gasteiger partial charge is 0.122 e. The van der Waals surface area contributed by atoms with E-state index in [1.165, 1.54) is 5.56 Å². The Morgan fingerprint density at radius 2 is 2.23 bits per heavy atom. The molecule has 70 valence electrons. The minimum atomic E-state index is 0.971. The van der Waals surface area contributed by atoms with Crippen LogP contribution in [-0.4, -0.2) is 12.9 Å². The summed E-state index contributed by atoms with van der Waals surface area (Å²) in [7, 11) is 1.71. The molecule has 0 heterocycles. The number of benzene rings is 1. The summed E-state index contributed by atoms with van der Waals surface area (Å²) in [6.45, 7) is 3.68. The number of rotatable bonds is 5. The highest BCUT2D eigenvalue weighted by Crippen LogP contribution is 2.22. The second-order valence-corrected chi connectivity index (χ2v) is 3.65. The van der Waals surface area contributed by atoms with E-state index in [0.717, 1.165) is 17.3 Å². The predicted octanol–water partition coefficient (Wildman–Crippen LogP) is 3.11. The van der Waals surface area contributed by atoms with Gasteiger partial charge in [-0.3, -0.25) is 0 Å². The minimum Gasteiger partial charge on any atom is -0.496 e. The van der Waals surface area contributed by atoms with Gasteiger partial charge in [0.1, 0.15) is 5.75 Å². The molecule has 0 bridgehead atoms. The van der Waals surface area contributed by atoms with Crippen LogP contribution < -0.4 is 4.74 Å². The normalized spacial score (nSPS) is 9.62. The monoisotopic (exact) mass is 194 g/mol. The maximum Gasteiger partial charge on any atom is 0.122 e. The summed E-state index contributed by atoms with van der Waals surface area (Å²) in [5, 5.41) is 0. The molecule has 0 amide bonds. The van der Waals surface area contributed by atoms with Crippen LogP contribution in [0.1, 0.15) is 5.56 Å². The lowest BCUT2D eigenvalue weighted by atomic mass is 10.2. The first-order chi connectivity index (χ1) is 6.38. The van der Waals surface area contributed by atoms with Crippen molar-refractivity contribution in [2.75, 3.05) is 12.9 Å².